The van der Waals surface area contributed by atoms with Crippen LogP contribution in [0.5, 0.6) is 0 Å². The molecule has 1 saturated carbocycles. The molecule has 0 atom stereocenters. The molecule has 0 bridgehead atoms. The van der Waals surface area contributed by atoms with Gasteiger partial charge in [-0.1, -0.05) is 19.3 Å². The Balaban J connectivity index is 1.85. The van der Waals surface area contributed by atoms with Crippen LogP contribution in [-0.2, 0) is 4.79 Å². The van der Waals surface area contributed by atoms with E-state index < -0.39 is 5.97 Å². The van der Waals surface area contributed by atoms with Crippen molar-refractivity contribution in [1.29, 1.82) is 0 Å². The number of aliphatic carboxylic acids is 1. The Morgan fingerprint density at radius 3 is 2.90 bits per heavy atom. The van der Waals surface area contributed by atoms with Crippen LogP contribution in [0.3, 0.4) is 0 Å². The molecular formula is C14H18N4O2. The van der Waals surface area contributed by atoms with Crippen molar-refractivity contribution in [2.24, 2.45) is 0 Å². The van der Waals surface area contributed by atoms with E-state index in [1.54, 1.807) is 10.7 Å². The highest BCUT2D eigenvalue weighted by Crippen LogP contribution is 2.34. The van der Waals surface area contributed by atoms with Gasteiger partial charge in [0.25, 0.3) is 0 Å². The number of carboxylic acid groups (broad SMARTS) is 1. The summed E-state index contributed by atoms with van der Waals surface area (Å²) >= 11 is 0. The minimum absolute atomic E-state index is 0.138. The highest BCUT2D eigenvalue weighted by molar-refractivity contribution is 5.69. The summed E-state index contributed by atoms with van der Waals surface area (Å²) in [4.78, 5) is 15.6. The molecule has 0 spiro atoms. The van der Waals surface area contributed by atoms with Gasteiger partial charge in [-0.3, -0.25) is 4.79 Å². The lowest BCUT2D eigenvalue weighted by molar-refractivity contribution is -0.138. The van der Waals surface area contributed by atoms with E-state index in [0.29, 0.717) is 0 Å². The first kappa shape index (κ1) is 12.9. The first-order chi connectivity index (χ1) is 9.67. The topological polar surface area (TPSA) is 79.5 Å². The number of hydrogen-bond donors (Lipinski definition) is 2. The molecule has 0 amide bonds. The van der Waals surface area contributed by atoms with E-state index in [4.69, 9.17) is 0 Å². The van der Waals surface area contributed by atoms with Gasteiger partial charge in [-0.15, -0.1) is 0 Å². The van der Waals surface area contributed by atoms with Gasteiger partial charge in [-0.05, 0) is 18.9 Å². The summed E-state index contributed by atoms with van der Waals surface area (Å²) in [5.41, 5.74) is 0.395. The van der Waals surface area contributed by atoms with Crippen molar-refractivity contribution in [3.05, 3.63) is 24.5 Å². The van der Waals surface area contributed by atoms with E-state index in [1.807, 2.05) is 18.3 Å². The number of nitrogens with zero attached hydrogens (tertiary/aromatic N) is 3. The fourth-order valence-corrected chi connectivity index (χ4v) is 3.02. The molecule has 0 saturated heterocycles. The van der Waals surface area contributed by atoms with Gasteiger partial charge in [0.15, 0.2) is 5.65 Å². The molecule has 2 N–H and O–H groups in total. The molecule has 2 heterocycles. The summed E-state index contributed by atoms with van der Waals surface area (Å²) in [6, 6.07) is 3.67. The predicted octanol–water partition coefficient (Wildman–Crippen LogP) is 2.32. The maximum Gasteiger partial charge on any atom is 0.305 e. The molecule has 1 fully saturated rings. The van der Waals surface area contributed by atoms with Crippen LogP contribution >= 0.6 is 0 Å². The Labute approximate surface area is 116 Å². The van der Waals surface area contributed by atoms with Crippen molar-refractivity contribution < 1.29 is 9.90 Å². The zero-order valence-corrected chi connectivity index (χ0v) is 11.2. The van der Waals surface area contributed by atoms with Gasteiger partial charge in [-0.25, -0.2) is 9.50 Å². The summed E-state index contributed by atoms with van der Waals surface area (Å²) in [5.74, 6) is -0.0361. The third-order valence-electron chi connectivity index (χ3n) is 3.95. The second-order valence-corrected chi connectivity index (χ2v) is 5.48. The van der Waals surface area contributed by atoms with Gasteiger partial charge in [0.1, 0.15) is 5.82 Å². The lowest BCUT2D eigenvalue weighted by Crippen LogP contribution is -2.42. The fraction of sp³-hybridized carbons (Fsp3) is 0.500. The summed E-state index contributed by atoms with van der Waals surface area (Å²) in [6.45, 7) is 0. The molecule has 1 aliphatic carbocycles. The van der Waals surface area contributed by atoms with Crippen molar-refractivity contribution in [2.75, 3.05) is 5.32 Å². The Hall–Kier alpha value is -2.11. The molecule has 0 aliphatic heterocycles. The molecule has 1 aliphatic rings. The Morgan fingerprint density at radius 1 is 1.35 bits per heavy atom. The van der Waals surface area contributed by atoms with Crippen molar-refractivity contribution >= 4 is 17.4 Å². The highest BCUT2D eigenvalue weighted by Gasteiger charge is 2.34. The smallest absolute Gasteiger partial charge is 0.305 e. The van der Waals surface area contributed by atoms with Crippen LogP contribution in [0.2, 0.25) is 0 Å². The van der Waals surface area contributed by atoms with Crippen LogP contribution in [-0.4, -0.2) is 31.2 Å². The fourth-order valence-electron chi connectivity index (χ4n) is 3.02. The van der Waals surface area contributed by atoms with Gasteiger partial charge < -0.3 is 10.4 Å². The van der Waals surface area contributed by atoms with Crippen LogP contribution in [0.15, 0.2) is 24.5 Å². The first-order valence-corrected chi connectivity index (χ1v) is 6.97. The zero-order chi connectivity index (χ0) is 14.0. The van der Waals surface area contributed by atoms with Crippen molar-refractivity contribution in [3.8, 4) is 0 Å². The quantitative estimate of drug-likeness (QED) is 0.894. The van der Waals surface area contributed by atoms with E-state index >= 15 is 0 Å². The molecule has 6 heteroatoms. The standard InChI is InChI=1S/C14H18N4O2/c19-13(20)10-14(6-2-1-3-7-14)17-11-5-9-18-12(16-11)4-8-15-18/h4-5,8-9H,1-3,6-7,10H2,(H,16,17)(H,19,20). The molecule has 2 aromatic rings. The van der Waals surface area contributed by atoms with E-state index in [9.17, 15) is 9.90 Å². The summed E-state index contributed by atoms with van der Waals surface area (Å²) in [7, 11) is 0. The molecule has 106 valence electrons. The number of aromatic nitrogens is 3. The minimum Gasteiger partial charge on any atom is -0.481 e. The van der Waals surface area contributed by atoms with Crippen LogP contribution < -0.4 is 5.32 Å². The van der Waals surface area contributed by atoms with E-state index in [2.05, 4.69) is 15.4 Å². The van der Waals surface area contributed by atoms with Crippen LogP contribution in [0, 0.1) is 0 Å². The normalized spacial score (nSPS) is 18.0. The molecule has 20 heavy (non-hydrogen) atoms. The van der Waals surface area contributed by atoms with Crippen LogP contribution in [0.1, 0.15) is 38.5 Å². The monoisotopic (exact) mass is 274 g/mol. The summed E-state index contributed by atoms with van der Waals surface area (Å²) in [5, 5.41) is 16.7. The first-order valence-electron chi connectivity index (χ1n) is 6.97. The van der Waals surface area contributed by atoms with Gasteiger partial charge in [0.05, 0.1) is 12.6 Å². The van der Waals surface area contributed by atoms with Crippen molar-refractivity contribution in [1.82, 2.24) is 14.6 Å². The number of anilines is 1. The molecule has 0 radical (unpaired) electrons. The average molecular weight is 274 g/mol. The number of fused-ring (bicyclic) bond motifs is 1. The predicted molar refractivity (Wildman–Crippen MR) is 74.7 cm³/mol. The van der Waals surface area contributed by atoms with Gasteiger partial charge >= 0.3 is 5.97 Å². The Morgan fingerprint density at radius 2 is 2.15 bits per heavy atom. The highest BCUT2D eigenvalue weighted by atomic mass is 16.4. The average Bonchev–Trinajstić information content (AvgIpc) is 2.86. The van der Waals surface area contributed by atoms with Crippen LogP contribution in [0.25, 0.3) is 5.65 Å². The molecule has 6 nitrogen and oxygen atoms in total. The van der Waals surface area contributed by atoms with E-state index in [0.717, 1.165) is 37.1 Å². The SMILES string of the molecule is O=C(O)CC1(Nc2ccn3nccc3n2)CCCCC1. The number of hydrogen-bond acceptors (Lipinski definition) is 4. The third-order valence-corrected chi connectivity index (χ3v) is 3.95. The maximum absolute atomic E-state index is 11.2. The number of carboxylic acids is 1. The lowest BCUT2D eigenvalue weighted by atomic mass is 9.79. The lowest BCUT2D eigenvalue weighted by Gasteiger charge is -2.37. The van der Waals surface area contributed by atoms with E-state index in [-0.39, 0.29) is 12.0 Å². The van der Waals surface area contributed by atoms with Crippen molar-refractivity contribution in [2.45, 2.75) is 44.1 Å². The second kappa shape index (κ2) is 5.11. The summed E-state index contributed by atoms with van der Waals surface area (Å²) in [6.07, 6.45) is 8.74. The molecule has 3 rings (SSSR count). The van der Waals surface area contributed by atoms with Crippen LogP contribution in [0.4, 0.5) is 5.82 Å². The van der Waals surface area contributed by atoms with E-state index in [1.165, 1.54) is 6.42 Å². The number of rotatable bonds is 4. The molecule has 0 unspecified atom stereocenters. The van der Waals surface area contributed by atoms with Gasteiger partial charge in [-0.2, -0.15) is 5.10 Å². The van der Waals surface area contributed by atoms with Gasteiger partial charge in [0.2, 0.25) is 0 Å². The number of carbonyl (C=O) groups is 1. The third kappa shape index (κ3) is 2.59. The summed E-state index contributed by atoms with van der Waals surface area (Å²) < 4.78 is 1.69. The van der Waals surface area contributed by atoms with Gasteiger partial charge in [0, 0.05) is 17.8 Å². The van der Waals surface area contributed by atoms with Crippen molar-refractivity contribution in [3.63, 3.8) is 0 Å². The Kier molecular flexibility index (Phi) is 3.30. The molecule has 2 aromatic heterocycles. The molecule has 0 aromatic carbocycles. The minimum atomic E-state index is -0.759. The second-order valence-electron chi connectivity index (χ2n) is 5.48. The zero-order valence-electron chi connectivity index (χ0n) is 11.2. The maximum atomic E-state index is 11.2. The number of nitrogens with one attached hydrogen (secondary N) is 1. The molecular weight excluding hydrogens is 256 g/mol. The Bertz CT molecular complexity index is 616. The largest absolute Gasteiger partial charge is 0.481 e.